The molecule has 5 rings (SSSR count). The maximum Gasteiger partial charge on any atom is 0.263 e. The molecule has 1 atom stereocenters. The number of anilines is 1. The molecule has 4 nitrogen and oxygen atoms in total. The van der Waals surface area contributed by atoms with Crippen molar-refractivity contribution in [1.82, 2.24) is 9.55 Å². The van der Waals surface area contributed by atoms with Gasteiger partial charge in [0.1, 0.15) is 12.0 Å². The van der Waals surface area contributed by atoms with Crippen LogP contribution in [-0.2, 0) is 0 Å². The van der Waals surface area contributed by atoms with Crippen LogP contribution in [0.2, 0.25) is 10.0 Å². The van der Waals surface area contributed by atoms with Crippen molar-refractivity contribution >= 4 is 39.8 Å². The Morgan fingerprint density at radius 1 is 0.963 bits per heavy atom. The van der Waals surface area contributed by atoms with Gasteiger partial charge in [-0.05, 0) is 36.4 Å². The molecule has 27 heavy (non-hydrogen) atoms. The lowest BCUT2D eigenvalue weighted by Crippen LogP contribution is -2.35. The first-order valence-electron chi connectivity index (χ1n) is 8.45. The summed E-state index contributed by atoms with van der Waals surface area (Å²) >= 11 is 12.5. The summed E-state index contributed by atoms with van der Waals surface area (Å²) in [6, 6.07) is 20.4. The minimum absolute atomic E-state index is 0.117. The van der Waals surface area contributed by atoms with Crippen LogP contribution in [0.15, 0.2) is 71.5 Å². The maximum absolute atomic E-state index is 13.4. The van der Waals surface area contributed by atoms with Crippen LogP contribution in [-0.4, -0.2) is 9.55 Å². The molecule has 2 heterocycles. The Kier molecular flexibility index (Phi) is 3.71. The van der Waals surface area contributed by atoms with Gasteiger partial charge in [-0.3, -0.25) is 9.36 Å². The number of fused-ring (bicyclic) bond motifs is 4. The van der Waals surface area contributed by atoms with E-state index < -0.39 is 6.17 Å². The number of rotatable bonds is 1. The maximum atomic E-state index is 13.4. The molecule has 0 spiro atoms. The van der Waals surface area contributed by atoms with Gasteiger partial charge in [0.25, 0.3) is 5.56 Å². The van der Waals surface area contributed by atoms with Gasteiger partial charge in [0.2, 0.25) is 0 Å². The van der Waals surface area contributed by atoms with Gasteiger partial charge in [-0.25, -0.2) is 4.98 Å². The number of halogens is 2. The van der Waals surface area contributed by atoms with Gasteiger partial charge in [-0.1, -0.05) is 53.5 Å². The van der Waals surface area contributed by atoms with Gasteiger partial charge in [0.15, 0.2) is 0 Å². The zero-order chi connectivity index (χ0) is 18.5. The van der Waals surface area contributed by atoms with Gasteiger partial charge in [-0.15, -0.1) is 0 Å². The molecule has 1 aromatic heterocycles. The highest BCUT2D eigenvalue weighted by Gasteiger charge is 2.29. The number of benzene rings is 3. The van der Waals surface area contributed by atoms with E-state index in [4.69, 9.17) is 28.2 Å². The molecular formula is C21H13Cl2N3O. The molecule has 0 amide bonds. The summed E-state index contributed by atoms with van der Waals surface area (Å²) in [4.78, 5) is 18.2. The monoisotopic (exact) mass is 393 g/mol. The fourth-order valence-corrected chi connectivity index (χ4v) is 4.04. The van der Waals surface area contributed by atoms with Crippen molar-refractivity contribution < 1.29 is 0 Å². The minimum atomic E-state index is -0.482. The summed E-state index contributed by atoms with van der Waals surface area (Å²) in [7, 11) is 0. The molecule has 0 bridgehead atoms. The summed E-state index contributed by atoms with van der Waals surface area (Å²) in [6.07, 6.45) is -0.482. The van der Waals surface area contributed by atoms with E-state index in [9.17, 15) is 4.79 Å². The number of hydrogen-bond acceptors (Lipinski definition) is 3. The van der Waals surface area contributed by atoms with E-state index in [1.807, 2.05) is 48.5 Å². The Labute approximate surface area is 165 Å². The normalized spacial score (nSPS) is 15.1. The van der Waals surface area contributed by atoms with Crippen molar-refractivity contribution in [3.8, 4) is 11.4 Å². The number of para-hydroxylation sites is 2. The third-order valence-electron chi connectivity index (χ3n) is 4.78. The number of nitrogens with one attached hydrogen (secondary N) is 1. The Morgan fingerprint density at radius 3 is 2.59 bits per heavy atom. The van der Waals surface area contributed by atoms with Crippen molar-refractivity contribution in [2.24, 2.45) is 0 Å². The molecule has 4 aromatic rings. The standard InChI is InChI=1S/C21H13Cl2N3O/c22-12-9-10-13(16(23)11-12)19-24-17-7-3-1-5-14(17)20-25-18-8-4-2-6-15(18)21(27)26(19)20/h1-11,19,24H. The number of hydrogen-bond donors (Lipinski definition) is 1. The van der Waals surface area contributed by atoms with Gasteiger partial charge in [0, 0.05) is 26.9 Å². The molecule has 3 aromatic carbocycles. The first-order valence-corrected chi connectivity index (χ1v) is 9.21. The molecule has 0 aliphatic carbocycles. The molecule has 0 radical (unpaired) electrons. The quantitative estimate of drug-likeness (QED) is 0.474. The Balaban J connectivity index is 1.87. The van der Waals surface area contributed by atoms with Gasteiger partial charge in [0.05, 0.1) is 10.9 Å². The highest BCUT2D eigenvalue weighted by Crippen LogP contribution is 2.38. The van der Waals surface area contributed by atoms with Crippen LogP contribution in [0.4, 0.5) is 5.69 Å². The van der Waals surface area contributed by atoms with Gasteiger partial charge in [-0.2, -0.15) is 0 Å². The Hall–Kier alpha value is -2.82. The Morgan fingerprint density at radius 2 is 1.74 bits per heavy atom. The molecule has 132 valence electrons. The van der Waals surface area contributed by atoms with Crippen LogP contribution in [0.25, 0.3) is 22.3 Å². The second-order valence-electron chi connectivity index (χ2n) is 6.39. The van der Waals surface area contributed by atoms with Crippen LogP contribution in [0.5, 0.6) is 0 Å². The summed E-state index contributed by atoms with van der Waals surface area (Å²) in [5, 5.41) is 5.03. The van der Waals surface area contributed by atoms with E-state index in [-0.39, 0.29) is 5.56 Å². The van der Waals surface area contributed by atoms with E-state index in [2.05, 4.69) is 5.32 Å². The van der Waals surface area contributed by atoms with Gasteiger partial charge >= 0.3 is 0 Å². The van der Waals surface area contributed by atoms with E-state index in [1.54, 1.807) is 22.8 Å². The second kappa shape index (κ2) is 6.12. The van der Waals surface area contributed by atoms with Crippen LogP contribution in [0.1, 0.15) is 11.7 Å². The lowest BCUT2D eigenvalue weighted by molar-refractivity contribution is 0.620. The fraction of sp³-hybridized carbons (Fsp3) is 0.0476. The van der Waals surface area contributed by atoms with Crippen LogP contribution >= 0.6 is 23.2 Å². The molecule has 0 saturated heterocycles. The van der Waals surface area contributed by atoms with Gasteiger partial charge < -0.3 is 5.32 Å². The van der Waals surface area contributed by atoms with Crippen LogP contribution in [0, 0.1) is 0 Å². The first-order chi connectivity index (χ1) is 13.1. The highest BCUT2D eigenvalue weighted by atomic mass is 35.5. The molecule has 0 saturated carbocycles. The summed E-state index contributed by atoms with van der Waals surface area (Å²) in [5.74, 6) is 0.615. The molecule has 1 aliphatic heterocycles. The third-order valence-corrected chi connectivity index (χ3v) is 5.35. The molecule has 1 unspecified atom stereocenters. The van der Waals surface area contributed by atoms with Crippen molar-refractivity contribution in [3.63, 3.8) is 0 Å². The van der Waals surface area contributed by atoms with Crippen molar-refractivity contribution in [2.75, 3.05) is 5.32 Å². The van der Waals surface area contributed by atoms with Crippen LogP contribution < -0.4 is 10.9 Å². The minimum Gasteiger partial charge on any atom is -0.360 e. The van der Waals surface area contributed by atoms with E-state index >= 15 is 0 Å². The predicted octanol–water partition coefficient (Wildman–Crippen LogP) is 5.34. The van der Waals surface area contributed by atoms with E-state index in [0.29, 0.717) is 26.8 Å². The first kappa shape index (κ1) is 16.4. The predicted molar refractivity (Wildman–Crippen MR) is 110 cm³/mol. The van der Waals surface area contributed by atoms with Crippen molar-refractivity contribution in [1.29, 1.82) is 0 Å². The SMILES string of the molecule is O=c1c2ccccc2nc2n1C(c1ccc(Cl)cc1Cl)Nc1ccccc1-2. The zero-order valence-corrected chi connectivity index (χ0v) is 15.5. The average Bonchev–Trinajstić information content (AvgIpc) is 2.68. The molecule has 1 aliphatic rings. The average molecular weight is 394 g/mol. The van der Waals surface area contributed by atoms with E-state index in [0.717, 1.165) is 16.8 Å². The number of nitrogens with zero attached hydrogens (tertiary/aromatic N) is 2. The second-order valence-corrected chi connectivity index (χ2v) is 7.23. The third kappa shape index (κ3) is 2.52. The summed E-state index contributed by atoms with van der Waals surface area (Å²) < 4.78 is 1.67. The number of aromatic nitrogens is 2. The molecule has 1 N–H and O–H groups in total. The molecule has 0 fully saturated rings. The zero-order valence-electron chi connectivity index (χ0n) is 14.0. The summed E-state index contributed by atoms with van der Waals surface area (Å²) in [5.41, 5.74) is 3.09. The van der Waals surface area contributed by atoms with E-state index in [1.165, 1.54) is 0 Å². The fourth-order valence-electron chi connectivity index (χ4n) is 3.53. The van der Waals surface area contributed by atoms with Crippen molar-refractivity contribution in [3.05, 3.63) is 92.7 Å². The topological polar surface area (TPSA) is 46.9 Å². The lowest BCUT2D eigenvalue weighted by Gasteiger charge is -2.31. The summed E-state index contributed by atoms with van der Waals surface area (Å²) in [6.45, 7) is 0. The highest BCUT2D eigenvalue weighted by molar-refractivity contribution is 6.35. The Bertz CT molecular complexity index is 1270. The molecule has 6 heteroatoms. The largest absolute Gasteiger partial charge is 0.360 e. The van der Waals surface area contributed by atoms with Crippen LogP contribution in [0.3, 0.4) is 0 Å². The smallest absolute Gasteiger partial charge is 0.263 e. The lowest BCUT2D eigenvalue weighted by atomic mass is 10.0. The van der Waals surface area contributed by atoms with Crippen molar-refractivity contribution in [2.45, 2.75) is 6.17 Å². The molecular weight excluding hydrogens is 381 g/mol.